The van der Waals surface area contributed by atoms with Crippen LogP contribution in [0.25, 0.3) is 0 Å². The van der Waals surface area contributed by atoms with Crippen LogP contribution < -0.4 is 5.32 Å². The minimum absolute atomic E-state index is 0.0481. The lowest BCUT2D eigenvalue weighted by Crippen LogP contribution is -2.13. The minimum Gasteiger partial charge on any atom is -0.469 e. The van der Waals surface area contributed by atoms with E-state index in [1.165, 1.54) is 25.1 Å². The summed E-state index contributed by atoms with van der Waals surface area (Å²) in [6.07, 6.45) is 3.51. The first kappa shape index (κ1) is 15.0. The molecule has 1 aromatic heterocycles. The number of nitrogens with one attached hydrogen (secondary N) is 1. The number of carbonyl (C=O) groups is 1. The molecule has 0 aliphatic heterocycles. The second kappa shape index (κ2) is 6.39. The fraction of sp³-hybridized carbons (Fsp3) is 0.615. The maximum atomic E-state index is 13.7. The van der Waals surface area contributed by atoms with Gasteiger partial charge in [0.25, 0.3) is 0 Å². The molecule has 1 heterocycles. The van der Waals surface area contributed by atoms with E-state index in [0.29, 0.717) is 29.7 Å². The molecular formula is C13H18FN3O2S. The molecule has 0 atom stereocenters. The first-order valence-corrected chi connectivity index (χ1v) is 7.53. The Balaban J connectivity index is 1.96. The van der Waals surface area contributed by atoms with E-state index >= 15 is 0 Å². The summed E-state index contributed by atoms with van der Waals surface area (Å²) >= 11 is 1.34. The monoisotopic (exact) mass is 299 g/mol. The highest BCUT2D eigenvalue weighted by molar-refractivity contribution is 7.99. The molecule has 0 spiro atoms. The summed E-state index contributed by atoms with van der Waals surface area (Å²) in [5.41, 5.74) is -0.0481. The first-order chi connectivity index (χ1) is 9.58. The standard InChI is InChI=1S/C13H18FN3O2S/c1-3-15-12-16-7-9(14)11(17-12)20-8-13(4-5-13)6-10(18)19-2/h7H,3-6,8H2,1-2H3,(H,15,16,17). The van der Waals surface area contributed by atoms with Gasteiger partial charge in [0.05, 0.1) is 19.7 Å². The number of methoxy groups -OCH3 is 1. The van der Waals surface area contributed by atoms with Gasteiger partial charge in [0.1, 0.15) is 5.03 Å². The molecule has 5 nitrogen and oxygen atoms in total. The Morgan fingerprint density at radius 2 is 2.35 bits per heavy atom. The van der Waals surface area contributed by atoms with Gasteiger partial charge in [-0.1, -0.05) is 0 Å². The molecule has 0 radical (unpaired) electrons. The number of anilines is 1. The zero-order chi connectivity index (χ0) is 14.6. The Morgan fingerprint density at radius 1 is 1.60 bits per heavy atom. The van der Waals surface area contributed by atoms with Gasteiger partial charge in [-0.25, -0.2) is 14.4 Å². The molecule has 1 N–H and O–H groups in total. The second-order valence-electron chi connectivity index (χ2n) is 4.92. The van der Waals surface area contributed by atoms with Crippen molar-refractivity contribution in [2.24, 2.45) is 5.41 Å². The lowest BCUT2D eigenvalue weighted by molar-refractivity contribution is -0.141. The van der Waals surface area contributed by atoms with Crippen LogP contribution in [0.15, 0.2) is 11.2 Å². The molecule has 0 saturated heterocycles. The van der Waals surface area contributed by atoms with Gasteiger partial charge >= 0.3 is 5.97 Å². The van der Waals surface area contributed by atoms with Gasteiger partial charge in [0, 0.05) is 12.3 Å². The van der Waals surface area contributed by atoms with E-state index in [9.17, 15) is 9.18 Å². The Bertz CT molecular complexity index is 495. The number of hydrogen-bond acceptors (Lipinski definition) is 6. The Morgan fingerprint density at radius 3 is 2.95 bits per heavy atom. The molecule has 110 valence electrons. The normalized spacial score (nSPS) is 15.8. The van der Waals surface area contributed by atoms with Crippen molar-refractivity contribution in [3.8, 4) is 0 Å². The van der Waals surface area contributed by atoms with Crippen LogP contribution in [0.1, 0.15) is 26.2 Å². The van der Waals surface area contributed by atoms with Crippen molar-refractivity contribution in [1.29, 1.82) is 0 Å². The average molecular weight is 299 g/mol. The van der Waals surface area contributed by atoms with Crippen LogP contribution >= 0.6 is 11.8 Å². The van der Waals surface area contributed by atoms with Gasteiger partial charge in [0.2, 0.25) is 5.95 Å². The summed E-state index contributed by atoms with van der Waals surface area (Å²) in [7, 11) is 1.39. The number of rotatable bonds is 7. The van der Waals surface area contributed by atoms with Crippen molar-refractivity contribution < 1.29 is 13.9 Å². The molecular weight excluding hydrogens is 281 g/mol. The van der Waals surface area contributed by atoms with Crippen molar-refractivity contribution >= 4 is 23.7 Å². The highest BCUT2D eigenvalue weighted by atomic mass is 32.2. The molecule has 1 aliphatic carbocycles. The molecule has 7 heteroatoms. The van der Waals surface area contributed by atoms with Crippen LogP contribution in [0.2, 0.25) is 0 Å². The van der Waals surface area contributed by atoms with Crippen molar-refractivity contribution in [3.63, 3.8) is 0 Å². The zero-order valence-corrected chi connectivity index (χ0v) is 12.4. The Hall–Kier alpha value is -1.37. The third-order valence-corrected chi connectivity index (χ3v) is 4.58. The number of carbonyl (C=O) groups excluding carboxylic acids is 1. The van der Waals surface area contributed by atoms with Crippen LogP contribution in [-0.2, 0) is 9.53 Å². The number of thioether (sulfide) groups is 1. The van der Waals surface area contributed by atoms with Gasteiger partial charge in [-0.2, -0.15) is 0 Å². The lowest BCUT2D eigenvalue weighted by atomic mass is 10.1. The van der Waals surface area contributed by atoms with Crippen molar-refractivity contribution in [3.05, 3.63) is 12.0 Å². The fourth-order valence-corrected chi connectivity index (χ4v) is 3.02. The summed E-state index contributed by atoms with van der Waals surface area (Å²) in [6.45, 7) is 2.61. The zero-order valence-electron chi connectivity index (χ0n) is 11.6. The summed E-state index contributed by atoms with van der Waals surface area (Å²) in [5, 5.41) is 3.28. The van der Waals surface area contributed by atoms with E-state index in [2.05, 4.69) is 15.3 Å². The number of ether oxygens (including phenoxy) is 1. The fourth-order valence-electron chi connectivity index (χ4n) is 1.84. The first-order valence-electron chi connectivity index (χ1n) is 6.54. The van der Waals surface area contributed by atoms with E-state index in [4.69, 9.17) is 4.74 Å². The van der Waals surface area contributed by atoms with Crippen LogP contribution in [0, 0.1) is 11.2 Å². The van der Waals surface area contributed by atoms with Crippen LogP contribution in [0.3, 0.4) is 0 Å². The van der Waals surface area contributed by atoms with Crippen molar-refractivity contribution in [2.75, 3.05) is 24.7 Å². The predicted molar refractivity (Wildman–Crippen MR) is 75.2 cm³/mol. The number of nitrogens with zero attached hydrogens (tertiary/aromatic N) is 2. The SMILES string of the molecule is CCNc1ncc(F)c(SCC2(CC(=O)OC)CC2)n1. The smallest absolute Gasteiger partial charge is 0.306 e. The van der Waals surface area contributed by atoms with Crippen LogP contribution in [0.5, 0.6) is 0 Å². The topological polar surface area (TPSA) is 64.1 Å². The largest absolute Gasteiger partial charge is 0.469 e. The number of aromatic nitrogens is 2. The second-order valence-corrected chi connectivity index (χ2v) is 5.88. The van der Waals surface area contributed by atoms with E-state index in [-0.39, 0.29) is 11.4 Å². The van der Waals surface area contributed by atoms with Gasteiger partial charge in [-0.3, -0.25) is 4.79 Å². The molecule has 2 rings (SSSR count). The summed E-state index contributed by atoms with van der Waals surface area (Å²) < 4.78 is 18.4. The molecule has 1 saturated carbocycles. The van der Waals surface area contributed by atoms with E-state index in [1.54, 1.807) is 0 Å². The maximum Gasteiger partial charge on any atom is 0.306 e. The summed E-state index contributed by atoms with van der Waals surface area (Å²) in [4.78, 5) is 19.4. The van der Waals surface area contributed by atoms with E-state index in [1.807, 2.05) is 6.92 Å². The molecule has 0 bridgehead atoms. The summed E-state index contributed by atoms with van der Waals surface area (Å²) in [5.74, 6) is 0.459. The molecule has 20 heavy (non-hydrogen) atoms. The number of halogens is 1. The van der Waals surface area contributed by atoms with Crippen LogP contribution in [0.4, 0.5) is 10.3 Å². The molecule has 1 aliphatic rings. The van der Waals surface area contributed by atoms with Crippen molar-refractivity contribution in [2.45, 2.75) is 31.2 Å². The number of esters is 1. The van der Waals surface area contributed by atoms with Crippen molar-refractivity contribution in [1.82, 2.24) is 9.97 Å². The van der Waals surface area contributed by atoms with Gasteiger partial charge < -0.3 is 10.1 Å². The lowest BCUT2D eigenvalue weighted by Gasteiger charge is -2.13. The Kier molecular flexibility index (Phi) is 4.80. The highest BCUT2D eigenvalue weighted by Crippen LogP contribution is 2.52. The van der Waals surface area contributed by atoms with Gasteiger partial charge in [-0.15, -0.1) is 11.8 Å². The molecule has 1 aromatic rings. The average Bonchev–Trinajstić information content (AvgIpc) is 3.19. The molecule has 0 aromatic carbocycles. The minimum atomic E-state index is -0.425. The number of hydrogen-bond donors (Lipinski definition) is 1. The predicted octanol–water partition coefficient (Wildman–Crippen LogP) is 2.48. The maximum absolute atomic E-state index is 13.7. The third-order valence-electron chi connectivity index (χ3n) is 3.27. The van der Waals surface area contributed by atoms with Gasteiger partial charge in [0.15, 0.2) is 5.82 Å². The Labute approximate surface area is 121 Å². The highest BCUT2D eigenvalue weighted by Gasteiger charge is 2.44. The molecule has 1 fully saturated rings. The van der Waals surface area contributed by atoms with E-state index in [0.717, 1.165) is 12.8 Å². The van der Waals surface area contributed by atoms with Crippen LogP contribution in [-0.4, -0.2) is 35.3 Å². The molecule has 0 amide bonds. The summed E-state index contributed by atoms with van der Waals surface area (Å²) in [6, 6.07) is 0. The third kappa shape index (κ3) is 3.82. The van der Waals surface area contributed by atoms with Gasteiger partial charge in [-0.05, 0) is 25.2 Å². The van der Waals surface area contributed by atoms with E-state index < -0.39 is 5.82 Å². The molecule has 0 unspecified atom stereocenters. The quantitative estimate of drug-likeness (QED) is 0.474.